The van der Waals surface area contributed by atoms with Crippen LogP contribution in [0.4, 0.5) is 5.82 Å². The molecule has 0 fully saturated rings. The Morgan fingerprint density at radius 3 is 3.00 bits per heavy atom. The summed E-state index contributed by atoms with van der Waals surface area (Å²) in [6.45, 7) is 2.58. The normalized spacial score (nSPS) is 10.5. The number of hydrogen-bond donors (Lipinski definition) is 1. The largest absolute Gasteiger partial charge is 0.384 e. The average Bonchev–Trinajstić information content (AvgIpc) is 2.63. The summed E-state index contributed by atoms with van der Waals surface area (Å²) in [6.07, 6.45) is 0. The van der Waals surface area contributed by atoms with Gasteiger partial charge in [0.1, 0.15) is 5.82 Å². The maximum absolute atomic E-state index is 5.73. The molecule has 0 spiro atoms. The molecular formula is C8H10N4S. The van der Waals surface area contributed by atoms with Crippen LogP contribution in [0.3, 0.4) is 0 Å². The summed E-state index contributed by atoms with van der Waals surface area (Å²) >= 11 is 1.58. The fraction of sp³-hybridized carbons (Fsp3) is 0.250. The minimum absolute atomic E-state index is 0.656. The van der Waals surface area contributed by atoms with E-state index in [1.807, 2.05) is 23.9 Å². The Hall–Kier alpha value is -1.36. The van der Waals surface area contributed by atoms with Gasteiger partial charge in [-0.1, -0.05) is 0 Å². The molecule has 13 heavy (non-hydrogen) atoms. The molecule has 2 aromatic heterocycles. The molecule has 2 rings (SSSR count). The zero-order valence-electron chi connectivity index (χ0n) is 7.27. The first-order valence-corrected chi connectivity index (χ1v) is 4.87. The van der Waals surface area contributed by atoms with Crippen molar-refractivity contribution in [2.24, 2.45) is 0 Å². The van der Waals surface area contributed by atoms with E-state index in [2.05, 4.69) is 10.1 Å². The summed E-state index contributed by atoms with van der Waals surface area (Å²) in [5.41, 5.74) is 9.48. The molecule has 0 aliphatic rings. The number of nitrogen functional groups attached to an aromatic ring is 1. The highest BCUT2D eigenvalue weighted by Gasteiger charge is 2.02. The van der Waals surface area contributed by atoms with E-state index in [1.165, 1.54) is 0 Å². The molecule has 68 valence electrons. The van der Waals surface area contributed by atoms with Gasteiger partial charge in [0.2, 0.25) is 0 Å². The van der Waals surface area contributed by atoms with Crippen LogP contribution < -0.4 is 5.73 Å². The van der Waals surface area contributed by atoms with Crippen molar-refractivity contribution in [1.29, 1.82) is 0 Å². The van der Waals surface area contributed by atoms with Gasteiger partial charge in [0.25, 0.3) is 0 Å². The predicted octanol–water partition coefficient (Wildman–Crippen LogP) is 1.28. The van der Waals surface area contributed by atoms with E-state index in [-0.39, 0.29) is 0 Å². The minimum Gasteiger partial charge on any atom is -0.384 e. The average molecular weight is 194 g/mol. The van der Waals surface area contributed by atoms with Crippen LogP contribution in [0, 0.1) is 6.92 Å². The van der Waals surface area contributed by atoms with Crippen molar-refractivity contribution in [3.05, 3.63) is 28.3 Å². The van der Waals surface area contributed by atoms with Crippen LogP contribution >= 0.6 is 11.3 Å². The molecule has 0 radical (unpaired) electrons. The zero-order chi connectivity index (χ0) is 9.26. The first-order chi connectivity index (χ1) is 6.25. The third kappa shape index (κ3) is 1.70. The molecule has 0 atom stereocenters. The number of aromatic nitrogens is 3. The van der Waals surface area contributed by atoms with E-state index in [9.17, 15) is 0 Å². The molecule has 4 nitrogen and oxygen atoms in total. The summed E-state index contributed by atoms with van der Waals surface area (Å²) < 4.78 is 1.75. The van der Waals surface area contributed by atoms with Gasteiger partial charge in [-0.05, 0) is 6.92 Å². The van der Waals surface area contributed by atoms with Crippen molar-refractivity contribution in [2.75, 3.05) is 5.73 Å². The highest BCUT2D eigenvalue weighted by Crippen LogP contribution is 2.09. The molecule has 2 N–H and O–H groups in total. The van der Waals surface area contributed by atoms with Crippen molar-refractivity contribution in [3.8, 4) is 0 Å². The Morgan fingerprint density at radius 1 is 1.62 bits per heavy atom. The highest BCUT2D eigenvalue weighted by molar-refractivity contribution is 7.07. The van der Waals surface area contributed by atoms with E-state index in [4.69, 9.17) is 5.73 Å². The van der Waals surface area contributed by atoms with Gasteiger partial charge in [-0.25, -0.2) is 9.67 Å². The van der Waals surface area contributed by atoms with Crippen LogP contribution in [0.1, 0.15) is 11.4 Å². The molecule has 0 bridgehead atoms. The summed E-state index contributed by atoms with van der Waals surface area (Å²) in [6, 6.07) is 1.85. The summed E-state index contributed by atoms with van der Waals surface area (Å²) in [5, 5.41) is 6.24. The van der Waals surface area contributed by atoms with Crippen molar-refractivity contribution in [3.63, 3.8) is 0 Å². The maximum Gasteiger partial charge on any atom is 0.122 e. The molecule has 0 saturated carbocycles. The van der Waals surface area contributed by atoms with Gasteiger partial charge >= 0.3 is 0 Å². The van der Waals surface area contributed by atoms with Gasteiger partial charge < -0.3 is 5.73 Å². The topological polar surface area (TPSA) is 56.7 Å². The fourth-order valence-corrected chi connectivity index (χ4v) is 1.71. The molecule has 5 heteroatoms. The highest BCUT2D eigenvalue weighted by atomic mass is 32.1. The molecule has 0 unspecified atom stereocenters. The van der Waals surface area contributed by atoms with Crippen LogP contribution in [0.25, 0.3) is 0 Å². The summed E-state index contributed by atoms with van der Waals surface area (Å²) in [5.74, 6) is 0.686. The number of anilines is 1. The van der Waals surface area contributed by atoms with E-state index < -0.39 is 0 Å². The predicted molar refractivity (Wildman–Crippen MR) is 52.6 cm³/mol. The standard InChI is InChI=1S/C8H10N4S/c1-6-2-8(9)12(11-6)3-7-4-13-5-10-7/h2,4-5H,3,9H2,1H3. The van der Waals surface area contributed by atoms with E-state index in [0.29, 0.717) is 12.4 Å². The molecule has 0 amide bonds. The SMILES string of the molecule is Cc1cc(N)n(Cc2cscn2)n1. The number of hydrogen-bond acceptors (Lipinski definition) is 4. The van der Waals surface area contributed by atoms with Gasteiger partial charge in [0.05, 0.1) is 23.4 Å². The van der Waals surface area contributed by atoms with Crippen LogP contribution in [0.5, 0.6) is 0 Å². The molecule has 0 aromatic carbocycles. The fourth-order valence-electron chi connectivity index (χ4n) is 1.16. The van der Waals surface area contributed by atoms with Crippen molar-refractivity contribution in [1.82, 2.24) is 14.8 Å². The van der Waals surface area contributed by atoms with Crippen LogP contribution in [0.2, 0.25) is 0 Å². The lowest BCUT2D eigenvalue weighted by atomic mass is 10.4. The molecule has 2 aromatic rings. The Bertz CT molecular complexity index is 390. The van der Waals surface area contributed by atoms with Crippen LogP contribution in [0.15, 0.2) is 17.0 Å². The summed E-state index contributed by atoms with van der Waals surface area (Å²) in [7, 11) is 0. The molecule has 0 saturated heterocycles. The van der Waals surface area contributed by atoms with Gasteiger partial charge in [0.15, 0.2) is 0 Å². The molecular weight excluding hydrogens is 184 g/mol. The second-order valence-corrected chi connectivity index (χ2v) is 3.57. The quantitative estimate of drug-likeness (QED) is 0.783. The third-order valence-corrected chi connectivity index (χ3v) is 2.36. The van der Waals surface area contributed by atoms with Crippen LogP contribution in [-0.2, 0) is 6.54 Å². The van der Waals surface area contributed by atoms with Gasteiger partial charge in [-0.2, -0.15) is 5.10 Å². The van der Waals surface area contributed by atoms with E-state index >= 15 is 0 Å². The van der Waals surface area contributed by atoms with Crippen molar-refractivity contribution in [2.45, 2.75) is 13.5 Å². The lowest BCUT2D eigenvalue weighted by Gasteiger charge is -1.99. The number of nitrogens with two attached hydrogens (primary N) is 1. The van der Waals surface area contributed by atoms with Crippen molar-refractivity contribution >= 4 is 17.2 Å². The third-order valence-electron chi connectivity index (χ3n) is 1.73. The van der Waals surface area contributed by atoms with Crippen LogP contribution in [-0.4, -0.2) is 14.8 Å². The number of rotatable bonds is 2. The Kier molecular flexibility index (Phi) is 2.02. The lowest BCUT2D eigenvalue weighted by Crippen LogP contribution is -2.05. The van der Waals surface area contributed by atoms with E-state index in [0.717, 1.165) is 11.4 Å². The van der Waals surface area contributed by atoms with Gasteiger partial charge in [0, 0.05) is 11.4 Å². The smallest absolute Gasteiger partial charge is 0.122 e. The van der Waals surface area contributed by atoms with Gasteiger partial charge in [-0.15, -0.1) is 11.3 Å². The molecule has 2 heterocycles. The Labute approximate surface area is 80.0 Å². The van der Waals surface area contributed by atoms with E-state index in [1.54, 1.807) is 16.0 Å². The molecule has 0 aliphatic carbocycles. The second-order valence-electron chi connectivity index (χ2n) is 2.85. The number of nitrogens with zero attached hydrogens (tertiary/aromatic N) is 3. The minimum atomic E-state index is 0.656. The first-order valence-electron chi connectivity index (χ1n) is 3.92. The first kappa shape index (κ1) is 8.25. The monoisotopic (exact) mass is 194 g/mol. The Balaban J connectivity index is 2.23. The second kappa shape index (κ2) is 3.18. The number of thiazole rings is 1. The lowest BCUT2D eigenvalue weighted by molar-refractivity contribution is 0.678. The molecule has 0 aliphatic heterocycles. The van der Waals surface area contributed by atoms with Crippen molar-refractivity contribution < 1.29 is 0 Å². The summed E-state index contributed by atoms with van der Waals surface area (Å²) in [4.78, 5) is 4.16. The number of aryl methyl sites for hydroxylation is 1. The Morgan fingerprint density at radius 2 is 2.46 bits per heavy atom. The zero-order valence-corrected chi connectivity index (χ0v) is 8.08. The maximum atomic E-state index is 5.73. The van der Waals surface area contributed by atoms with Gasteiger partial charge in [-0.3, -0.25) is 0 Å².